The Labute approximate surface area is 95.7 Å². The maximum atomic E-state index is 11.9. The van der Waals surface area contributed by atoms with Gasteiger partial charge in [-0.05, 0) is 25.2 Å². The Morgan fingerprint density at radius 1 is 1.56 bits per heavy atom. The predicted molar refractivity (Wildman–Crippen MR) is 64.6 cm³/mol. The van der Waals surface area contributed by atoms with E-state index in [2.05, 4.69) is 17.2 Å². The Bertz CT molecular complexity index is 395. The van der Waals surface area contributed by atoms with Crippen molar-refractivity contribution in [3.8, 4) is 0 Å². The summed E-state index contributed by atoms with van der Waals surface area (Å²) in [5.74, 6) is 1.24. The van der Waals surface area contributed by atoms with Crippen LogP contribution in [-0.2, 0) is 6.54 Å². The van der Waals surface area contributed by atoms with E-state index >= 15 is 0 Å². The molecule has 16 heavy (non-hydrogen) atoms. The molecule has 1 N–H and O–H groups in total. The first-order valence-electron chi connectivity index (χ1n) is 6.10. The molecule has 1 fully saturated rings. The molecule has 0 radical (unpaired) electrons. The van der Waals surface area contributed by atoms with E-state index in [0.717, 1.165) is 25.4 Å². The number of nitrogens with zero attached hydrogens (tertiary/aromatic N) is 2. The van der Waals surface area contributed by atoms with E-state index in [1.165, 1.54) is 19.3 Å². The standard InChI is InChI=1S/C12H19N3O/c1-2-7-15-8-6-13-11(12(15)16)14-9-10-4-3-5-10/h6,8,10H,2-5,7,9H2,1H3,(H,13,14). The van der Waals surface area contributed by atoms with Gasteiger partial charge in [-0.1, -0.05) is 13.3 Å². The van der Waals surface area contributed by atoms with Gasteiger partial charge in [0.2, 0.25) is 0 Å². The summed E-state index contributed by atoms with van der Waals surface area (Å²) in [5, 5.41) is 3.17. The molecule has 0 bridgehead atoms. The molecular formula is C12H19N3O. The molecule has 0 aliphatic heterocycles. The maximum Gasteiger partial charge on any atom is 0.293 e. The lowest BCUT2D eigenvalue weighted by atomic mass is 9.85. The topological polar surface area (TPSA) is 46.9 Å². The molecule has 0 aromatic carbocycles. The molecule has 1 aromatic heterocycles. The zero-order valence-corrected chi connectivity index (χ0v) is 9.78. The Kier molecular flexibility index (Phi) is 3.59. The molecule has 0 spiro atoms. The molecule has 1 heterocycles. The normalized spacial score (nSPS) is 15.8. The second-order valence-electron chi connectivity index (χ2n) is 4.45. The van der Waals surface area contributed by atoms with E-state index in [-0.39, 0.29) is 5.56 Å². The highest BCUT2D eigenvalue weighted by Crippen LogP contribution is 2.25. The molecule has 88 valence electrons. The van der Waals surface area contributed by atoms with Crippen molar-refractivity contribution >= 4 is 5.82 Å². The fourth-order valence-corrected chi connectivity index (χ4v) is 1.92. The van der Waals surface area contributed by atoms with Gasteiger partial charge in [-0.15, -0.1) is 0 Å². The number of aromatic nitrogens is 2. The maximum absolute atomic E-state index is 11.9. The third-order valence-electron chi connectivity index (χ3n) is 3.16. The van der Waals surface area contributed by atoms with Crippen molar-refractivity contribution in [2.45, 2.75) is 39.2 Å². The minimum atomic E-state index is 0.00340. The first-order valence-corrected chi connectivity index (χ1v) is 6.10. The van der Waals surface area contributed by atoms with E-state index in [1.807, 2.05) is 0 Å². The molecule has 1 saturated carbocycles. The quantitative estimate of drug-likeness (QED) is 0.825. The van der Waals surface area contributed by atoms with Crippen LogP contribution in [0.1, 0.15) is 32.6 Å². The molecule has 0 saturated heterocycles. The molecule has 1 aliphatic carbocycles. The summed E-state index contributed by atoms with van der Waals surface area (Å²) >= 11 is 0. The molecular weight excluding hydrogens is 202 g/mol. The first kappa shape index (κ1) is 11.2. The number of anilines is 1. The summed E-state index contributed by atoms with van der Waals surface area (Å²) in [6, 6.07) is 0. The van der Waals surface area contributed by atoms with Crippen molar-refractivity contribution in [1.29, 1.82) is 0 Å². The Balaban J connectivity index is 2.01. The van der Waals surface area contributed by atoms with Crippen molar-refractivity contribution in [2.24, 2.45) is 5.92 Å². The van der Waals surface area contributed by atoms with E-state index in [1.54, 1.807) is 17.0 Å². The average molecular weight is 221 g/mol. The summed E-state index contributed by atoms with van der Waals surface area (Å²) in [5.41, 5.74) is 0.00340. The third kappa shape index (κ3) is 2.43. The van der Waals surface area contributed by atoms with Crippen LogP contribution in [0.25, 0.3) is 0 Å². The van der Waals surface area contributed by atoms with Gasteiger partial charge >= 0.3 is 0 Å². The van der Waals surface area contributed by atoms with Crippen molar-refractivity contribution in [2.75, 3.05) is 11.9 Å². The molecule has 2 rings (SSSR count). The monoisotopic (exact) mass is 221 g/mol. The van der Waals surface area contributed by atoms with Gasteiger partial charge in [0.05, 0.1) is 0 Å². The SMILES string of the molecule is CCCn1ccnc(NCC2CCC2)c1=O. The van der Waals surface area contributed by atoms with Gasteiger partial charge in [-0.3, -0.25) is 4.79 Å². The van der Waals surface area contributed by atoms with Gasteiger partial charge < -0.3 is 9.88 Å². The minimum absolute atomic E-state index is 0.00340. The van der Waals surface area contributed by atoms with Crippen LogP contribution in [0.15, 0.2) is 17.2 Å². The van der Waals surface area contributed by atoms with Crippen LogP contribution in [0.3, 0.4) is 0 Å². The van der Waals surface area contributed by atoms with E-state index in [0.29, 0.717) is 5.82 Å². The van der Waals surface area contributed by atoms with Crippen LogP contribution in [-0.4, -0.2) is 16.1 Å². The highest BCUT2D eigenvalue weighted by atomic mass is 16.1. The van der Waals surface area contributed by atoms with Crippen LogP contribution < -0.4 is 10.9 Å². The van der Waals surface area contributed by atoms with Gasteiger partial charge in [0.15, 0.2) is 5.82 Å². The van der Waals surface area contributed by atoms with E-state index in [9.17, 15) is 4.79 Å². The second kappa shape index (κ2) is 5.14. The molecule has 0 atom stereocenters. The summed E-state index contributed by atoms with van der Waals surface area (Å²) < 4.78 is 1.72. The zero-order valence-electron chi connectivity index (χ0n) is 9.78. The van der Waals surface area contributed by atoms with Gasteiger partial charge in [0.25, 0.3) is 5.56 Å². The van der Waals surface area contributed by atoms with Gasteiger partial charge in [-0.2, -0.15) is 0 Å². The molecule has 4 nitrogen and oxygen atoms in total. The number of rotatable bonds is 5. The lowest BCUT2D eigenvalue weighted by Gasteiger charge is -2.25. The van der Waals surface area contributed by atoms with Gasteiger partial charge in [0, 0.05) is 25.5 Å². The summed E-state index contributed by atoms with van der Waals surface area (Å²) in [7, 11) is 0. The van der Waals surface area contributed by atoms with Crippen LogP contribution in [0.2, 0.25) is 0 Å². The van der Waals surface area contributed by atoms with Crippen LogP contribution >= 0.6 is 0 Å². The fourth-order valence-electron chi connectivity index (χ4n) is 1.92. The van der Waals surface area contributed by atoms with E-state index in [4.69, 9.17) is 0 Å². The molecule has 0 amide bonds. The molecule has 1 aromatic rings. The van der Waals surface area contributed by atoms with E-state index < -0.39 is 0 Å². The number of aryl methyl sites for hydroxylation is 1. The van der Waals surface area contributed by atoms with Crippen molar-refractivity contribution in [3.05, 3.63) is 22.7 Å². The third-order valence-corrected chi connectivity index (χ3v) is 3.16. The lowest BCUT2D eigenvalue weighted by molar-refractivity contribution is 0.333. The van der Waals surface area contributed by atoms with Crippen molar-refractivity contribution in [1.82, 2.24) is 9.55 Å². The summed E-state index contributed by atoms with van der Waals surface area (Å²) in [6.45, 7) is 3.71. The minimum Gasteiger partial charge on any atom is -0.365 e. The smallest absolute Gasteiger partial charge is 0.293 e. The van der Waals surface area contributed by atoms with Crippen molar-refractivity contribution < 1.29 is 0 Å². The highest BCUT2D eigenvalue weighted by molar-refractivity contribution is 5.30. The van der Waals surface area contributed by atoms with Gasteiger partial charge in [-0.25, -0.2) is 4.98 Å². The second-order valence-corrected chi connectivity index (χ2v) is 4.45. The molecule has 4 heteroatoms. The summed E-state index contributed by atoms with van der Waals surface area (Å²) in [6.07, 6.45) is 8.30. The largest absolute Gasteiger partial charge is 0.365 e. The predicted octanol–water partition coefficient (Wildman–Crippen LogP) is 1.87. The number of nitrogens with one attached hydrogen (secondary N) is 1. The average Bonchev–Trinajstić information content (AvgIpc) is 2.21. The van der Waals surface area contributed by atoms with Crippen LogP contribution in [0.4, 0.5) is 5.82 Å². The highest BCUT2D eigenvalue weighted by Gasteiger charge is 2.17. The Morgan fingerprint density at radius 2 is 2.38 bits per heavy atom. The number of hydrogen-bond donors (Lipinski definition) is 1. The molecule has 0 unspecified atom stereocenters. The van der Waals surface area contributed by atoms with Crippen LogP contribution in [0.5, 0.6) is 0 Å². The van der Waals surface area contributed by atoms with Gasteiger partial charge in [0.1, 0.15) is 0 Å². The van der Waals surface area contributed by atoms with Crippen molar-refractivity contribution in [3.63, 3.8) is 0 Å². The van der Waals surface area contributed by atoms with Crippen LogP contribution in [0, 0.1) is 5.92 Å². The zero-order chi connectivity index (χ0) is 11.4. The first-order chi connectivity index (χ1) is 7.81. The number of hydrogen-bond acceptors (Lipinski definition) is 3. The Hall–Kier alpha value is -1.32. The lowest BCUT2D eigenvalue weighted by Crippen LogP contribution is -2.28. The summed E-state index contributed by atoms with van der Waals surface area (Å²) in [4.78, 5) is 16.0. The Morgan fingerprint density at radius 3 is 3.00 bits per heavy atom. The molecule has 1 aliphatic rings. The fraction of sp³-hybridized carbons (Fsp3) is 0.667.